The van der Waals surface area contributed by atoms with Crippen molar-refractivity contribution < 1.29 is 5.11 Å². The normalized spacial score (nSPS) is 11.1. The molecule has 1 N–H and O–H groups in total. The van der Waals surface area contributed by atoms with Gasteiger partial charge in [-0.1, -0.05) is 13.8 Å². The first kappa shape index (κ1) is 10.3. The second-order valence-corrected chi connectivity index (χ2v) is 3.73. The summed E-state index contributed by atoms with van der Waals surface area (Å²) in [5.74, 6) is 1.52. The zero-order valence-corrected chi connectivity index (χ0v) is 8.40. The van der Waals surface area contributed by atoms with Crippen molar-refractivity contribution in [2.75, 3.05) is 0 Å². The van der Waals surface area contributed by atoms with Crippen molar-refractivity contribution in [1.82, 2.24) is 9.55 Å². The number of hydrogen-bond acceptors (Lipinski definition) is 2. The van der Waals surface area contributed by atoms with E-state index in [-0.39, 0.29) is 6.61 Å². The lowest BCUT2D eigenvalue weighted by atomic mass is 10.1. The Morgan fingerprint density at radius 2 is 2.31 bits per heavy atom. The summed E-state index contributed by atoms with van der Waals surface area (Å²) in [6.45, 7) is 5.45. The smallest absolute Gasteiger partial charge is 0.134 e. The molecule has 0 aliphatic carbocycles. The Morgan fingerprint density at radius 1 is 1.54 bits per heavy atom. The van der Waals surface area contributed by atoms with Crippen LogP contribution in [0, 0.1) is 5.92 Å². The van der Waals surface area contributed by atoms with Gasteiger partial charge in [0.15, 0.2) is 0 Å². The molecule has 0 spiro atoms. The van der Waals surface area contributed by atoms with Crippen LogP contribution in [0.2, 0.25) is 0 Å². The van der Waals surface area contributed by atoms with Crippen molar-refractivity contribution >= 4 is 0 Å². The van der Waals surface area contributed by atoms with E-state index < -0.39 is 0 Å². The Balaban J connectivity index is 2.36. The third kappa shape index (κ3) is 3.19. The Kier molecular flexibility index (Phi) is 3.96. The molecule has 3 heteroatoms. The predicted octanol–water partition coefficient (Wildman–Crippen LogP) is 1.81. The topological polar surface area (TPSA) is 38.0 Å². The van der Waals surface area contributed by atoms with Crippen LogP contribution >= 0.6 is 0 Å². The van der Waals surface area contributed by atoms with Gasteiger partial charge in [-0.15, -0.1) is 0 Å². The minimum Gasteiger partial charge on any atom is -0.388 e. The van der Waals surface area contributed by atoms with E-state index in [1.54, 1.807) is 6.20 Å². The number of aromatic nitrogens is 2. The molecular formula is C10H18N2O. The van der Waals surface area contributed by atoms with Crippen LogP contribution in [0.3, 0.4) is 0 Å². The van der Waals surface area contributed by atoms with E-state index in [1.807, 2.05) is 10.8 Å². The van der Waals surface area contributed by atoms with Gasteiger partial charge in [-0.05, 0) is 18.8 Å². The van der Waals surface area contributed by atoms with E-state index in [9.17, 15) is 0 Å². The zero-order chi connectivity index (χ0) is 9.68. The molecule has 1 heterocycles. The van der Waals surface area contributed by atoms with Crippen molar-refractivity contribution in [3.05, 3.63) is 18.2 Å². The summed E-state index contributed by atoms with van der Waals surface area (Å²) in [6, 6.07) is 0. The maximum Gasteiger partial charge on any atom is 0.134 e. The predicted molar refractivity (Wildman–Crippen MR) is 52.2 cm³/mol. The van der Waals surface area contributed by atoms with Gasteiger partial charge < -0.3 is 9.67 Å². The second kappa shape index (κ2) is 5.02. The lowest BCUT2D eigenvalue weighted by Gasteiger charge is -2.07. The van der Waals surface area contributed by atoms with Gasteiger partial charge in [0.25, 0.3) is 0 Å². The number of aliphatic hydroxyl groups is 1. The van der Waals surface area contributed by atoms with E-state index >= 15 is 0 Å². The molecule has 3 nitrogen and oxygen atoms in total. The van der Waals surface area contributed by atoms with Gasteiger partial charge >= 0.3 is 0 Å². The van der Waals surface area contributed by atoms with Gasteiger partial charge in [-0.2, -0.15) is 0 Å². The van der Waals surface area contributed by atoms with Crippen LogP contribution in [-0.2, 0) is 13.2 Å². The summed E-state index contributed by atoms with van der Waals surface area (Å²) in [5, 5.41) is 8.93. The van der Waals surface area contributed by atoms with Crippen molar-refractivity contribution in [2.45, 2.75) is 39.8 Å². The number of aryl methyl sites for hydroxylation is 1. The number of nitrogens with zero attached hydrogens (tertiary/aromatic N) is 2. The third-order valence-corrected chi connectivity index (χ3v) is 2.12. The maximum absolute atomic E-state index is 8.93. The number of imidazole rings is 1. The van der Waals surface area contributed by atoms with Gasteiger partial charge in [0.2, 0.25) is 0 Å². The summed E-state index contributed by atoms with van der Waals surface area (Å²) in [6.07, 6.45) is 6.04. The molecule has 13 heavy (non-hydrogen) atoms. The molecule has 0 atom stereocenters. The molecule has 0 fully saturated rings. The Bertz CT molecular complexity index is 243. The molecule has 1 aromatic rings. The minimum atomic E-state index is 0.0364. The highest BCUT2D eigenvalue weighted by Crippen LogP contribution is 2.06. The highest BCUT2D eigenvalue weighted by atomic mass is 16.3. The number of rotatable bonds is 5. The van der Waals surface area contributed by atoms with Gasteiger partial charge in [0.05, 0.1) is 0 Å². The molecule has 0 saturated carbocycles. The van der Waals surface area contributed by atoms with Gasteiger partial charge in [0.1, 0.15) is 12.4 Å². The molecule has 74 valence electrons. The number of hydrogen-bond donors (Lipinski definition) is 1. The Hall–Kier alpha value is -0.830. The van der Waals surface area contributed by atoms with Crippen LogP contribution in [0.1, 0.15) is 32.5 Å². The average molecular weight is 182 g/mol. The standard InChI is InChI=1S/C10H18N2O/c1-9(2)4-3-6-12-7-5-11-10(12)8-13/h5,7,9,13H,3-4,6,8H2,1-2H3. The quantitative estimate of drug-likeness (QED) is 0.754. The van der Waals surface area contributed by atoms with Crippen LogP contribution < -0.4 is 0 Å². The summed E-state index contributed by atoms with van der Waals surface area (Å²) in [5.41, 5.74) is 0. The maximum atomic E-state index is 8.93. The van der Waals surface area contributed by atoms with Gasteiger partial charge in [0, 0.05) is 18.9 Å². The minimum absolute atomic E-state index is 0.0364. The average Bonchev–Trinajstić information content (AvgIpc) is 2.51. The fourth-order valence-corrected chi connectivity index (χ4v) is 1.37. The zero-order valence-electron chi connectivity index (χ0n) is 8.40. The van der Waals surface area contributed by atoms with Crippen LogP contribution in [0.5, 0.6) is 0 Å². The summed E-state index contributed by atoms with van der Waals surface area (Å²) in [7, 11) is 0. The Labute approximate surface area is 79.4 Å². The van der Waals surface area contributed by atoms with Crippen LogP contribution in [0.15, 0.2) is 12.4 Å². The van der Waals surface area contributed by atoms with Crippen molar-refractivity contribution in [1.29, 1.82) is 0 Å². The first-order valence-corrected chi connectivity index (χ1v) is 4.85. The molecule has 0 saturated heterocycles. The van der Waals surface area contributed by atoms with E-state index in [1.165, 1.54) is 6.42 Å². The Morgan fingerprint density at radius 3 is 2.92 bits per heavy atom. The largest absolute Gasteiger partial charge is 0.388 e. The SMILES string of the molecule is CC(C)CCCn1ccnc1CO. The summed E-state index contributed by atoms with van der Waals surface area (Å²) < 4.78 is 2.02. The monoisotopic (exact) mass is 182 g/mol. The van der Waals surface area contributed by atoms with E-state index in [4.69, 9.17) is 5.11 Å². The molecule has 0 aliphatic heterocycles. The molecule has 1 rings (SSSR count). The fourth-order valence-electron chi connectivity index (χ4n) is 1.37. The molecule has 0 bridgehead atoms. The molecular weight excluding hydrogens is 164 g/mol. The molecule has 0 aromatic carbocycles. The molecule has 0 amide bonds. The van der Waals surface area contributed by atoms with E-state index in [2.05, 4.69) is 18.8 Å². The molecule has 0 radical (unpaired) electrons. The molecule has 1 aromatic heterocycles. The second-order valence-electron chi connectivity index (χ2n) is 3.73. The highest BCUT2D eigenvalue weighted by Gasteiger charge is 2.00. The van der Waals surface area contributed by atoms with E-state index in [0.29, 0.717) is 0 Å². The van der Waals surface area contributed by atoms with Crippen molar-refractivity contribution in [3.63, 3.8) is 0 Å². The first-order valence-electron chi connectivity index (χ1n) is 4.85. The van der Waals surface area contributed by atoms with Gasteiger partial charge in [-0.3, -0.25) is 0 Å². The van der Waals surface area contributed by atoms with Crippen LogP contribution in [0.4, 0.5) is 0 Å². The first-order chi connectivity index (χ1) is 6.24. The summed E-state index contributed by atoms with van der Waals surface area (Å²) >= 11 is 0. The van der Waals surface area contributed by atoms with Gasteiger partial charge in [-0.25, -0.2) is 4.98 Å². The third-order valence-electron chi connectivity index (χ3n) is 2.12. The van der Waals surface area contributed by atoms with Crippen molar-refractivity contribution in [3.8, 4) is 0 Å². The highest BCUT2D eigenvalue weighted by molar-refractivity contribution is 4.89. The summed E-state index contributed by atoms with van der Waals surface area (Å²) in [4.78, 5) is 4.05. The fraction of sp³-hybridized carbons (Fsp3) is 0.700. The molecule has 0 aliphatic rings. The lowest BCUT2D eigenvalue weighted by Crippen LogP contribution is -2.03. The van der Waals surface area contributed by atoms with Crippen molar-refractivity contribution in [2.24, 2.45) is 5.92 Å². The number of aliphatic hydroxyl groups excluding tert-OH is 1. The molecule has 0 unspecified atom stereocenters. The van der Waals surface area contributed by atoms with Crippen LogP contribution in [-0.4, -0.2) is 14.7 Å². The van der Waals surface area contributed by atoms with Crippen LogP contribution in [0.25, 0.3) is 0 Å². The van der Waals surface area contributed by atoms with E-state index in [0.717, 1.165) is 24.7 Å². The lowest BCUT2D eigenvalue weighted by molar-refractivity contribution is 0.264.